The van der Waals surface area contributed by atoms with Crippen molar-refractivity contribution in [1.29, 1.82) is 0 Å². The van der Waals surface area contributed by atoms with Crippen LogP contribution in [0.1, 0.15) is 33.2 Å². The Hall–Kier alpha value is -3.92. The van der Waals surface area contributed by atoms with Gasteiger partial charge < -0.3 is 9.64 Å². The molecule has 0 aliphatic carbocycles. The maximum Gasteiger partial charge on any atom is 0.340 e. The molecular weight excluding hydrogens is 386 g/mol. The zero-order chi connectivity index (χ0) is 21.6. The Bertz CT molecular complexity index is 1210. The maximum absolute atomic E-state index is 13.9. The number of nitrogens with zero attached hydrogens (tertiary/aromatic N) is 1. The molecule has 0 unspecified atom stereocenters. The summed E-state index contributed by atoms with van der Waals surface area (Å²) in [6, 6.07) is 30.3. The summed E-state index contributed by atoms with van der Waals surface area (Å²) < 4.78 is 5.25. The van der Waals surface area contributed by atoms with Crippen molar-refractivity contribution in [3.8, 4) is 0 Å². The van der Waals surface area contributed by atoms with Crippen molar-refractivity contribution in [3.05, 3.63) is 114 Å². The predicted octanol–water partition coefficient (Wildman–Crippen LogP) is 5.86. The highest BCUT2D eigenvalue weighted by atomic mass is 16.5. The summed E-state index contributed by atoms with van der Waals surface area (Å²) in [6.07, 6.45) is 0. The van der Waals surface area contributed by atoms with Crippen LogP contribution >= 0.6 is 0 Å². The van der Waals surface area contributed by atoms with E-state index in [1.54, 1.807) is 30.0 Å². The van der Waals surface area contributed by atoms with Gasteiger partial charge in [-0.3, -0.25) is 4.79 Å². The molecule has 0 aromatic heterocycles. The number of anilines is 1. The van der Waals surface area contributed by atoms with Gasteiger partial charge in [-0.1, -0.05) is 78.9 Å². The van der Waals surface area contributed by atoms with E-state index >= 15 is 0 Å². The summed E-state index contributed by atoms with van der Waals surface area (Å²) in [5.41, 5.74) is 2.46. The fourth-order valence-corrected chi connectivity index (χ4v) is 3.68. The quantitative estimate of drug-likeness (QED) is 0.375. The first-order valence-electron chi connectivity index (χ1n) is 10.3. The lowest BCUT2D eigenvalue weighted by Crippen LogP contribution is -2.32. The number of fused-ring (bicyclic) bond motifs is 1. The third-order valence-corrected chi connectivity index (χ3v) is 5.14. The fraction of sp³-hybridized carbons (Fsp3) is 0.111. The molecule has 0 aliphatic heterocycles. The molecule has 0 saturated carbocycles. The van der Waals surface area contributed by atoms with Gasteiger partial charge in [-0.2, -0.15) is 0 Å². The third-order valence-electron chi connectivity index (χ3n) is 5.14. The fourth-order valence-electron chi connectivity index (χ4n) is 3.68. The number of hydrogen-bond acceptors (Lipinski definition) is 3. The molecule has 4 aromatic rings. The maximum atomic E-state index is 13.9. The van der Waals surface area contributed by atoms with Gasteiger partial charge in [0.05, 0.1) is 24.4 Å². The number of benzene rings is 4. The molecule has 0 saturated heterocycles. The van der Waals surface area contributed by atoms with Gasteiger partial charge in [-0.15, -0.1) is 0 Å². The summed E-state index contributed by atoms with van der Waals surface area (Å²) in [6.45, 7) is 2.37. The molecule has 4 aromatic carbocycles. The number of amides is 1. The van der Waals surface area contributed by atoms with Crippen LogP contribution in [0.5, 0.6) is 0 Å². The summed E-state index contributed by atoms with van der Waals surface area (Å²) >= 11 is 0. The first kappa shape index (κ1) is 20.4. The first-order valence-corrected chi connectivity index (χ1v) is 10.3. The molecule has 0 N–H and O–H groups in total. The zero-order valence-electron chi connectivity index (χ0n) is 17.3. The molecule has 0 bridgehead atoms. The highest BCUT2D eigenvalue weighted by Crippen LogP contribution is 2.28. The van der Waals surface area contributed by atoms with Crippen LogP contribution in [0, 0.1) is 0 Å². The second-order valence-electron chi connectivity index (χ2n) is 7.14. The Balaban J connectivity index is 1.84. The van der Waals surface area contributed by atoms with Crippen LogP contribution in [0.4, 0.5) is 5.69 Å². The van der Waals surface area contributed by atoms with E-state index in [1.807, 2.05) is 78.9 Å². The van der Waals surface area contributed by atoms with E-state index in [4.69, 9.17) is 4.74 Å². The summed E-state index contributed by atoms with van der Waals surface area (Å²) in [5.74, 6) is -0.612. The molecule has 0 spiro atoms. The van der Waals surface area contributed by atoms with Gasteiger partial charge in [0.15, 0.2) is 0 Å². The Morgan fingerprint density at radius 3 is 2.19 bits per heavy atom. The summed E-state index contributed by atoms with van der Waals surface area (Å²) in [5, 5.41) is 1.87. The molecule has 154 valence electrons. The van der Waals surface area contributed by atoms with Gasteiger partial charge in [-0.25, -0.2) is 4.79 Å². The zero-order valence-corrected chi connectivity index (χ0v) is 17.3. The van der Waals surface area contributed by atoms with Crippen LogP contribution in [0.2, 0.25) is 0 Å². The minimum Gasteiger partial charge on any atom is -0.462 e. The number of esters is 1. The van der Waals surface area contributed by atoms with Crippen molar-refractivity contribution in [2.24, 2.45) is 0 Å². The van der Waals surface area contributed by atoms with Crippen LogP contribution in [-0.2, 0) is 11.3 Å². The Labute approximate surface area is 181 Å². The molecule has 4 rings (SSSR count). The van der Waals surface area contributed by atoms with Crippen LogP contribution in [0.25, 0.3) is 10.8 Å². The minimum absolute atomic E-state index is 0.169. The van der Waals surface area contributed by atoms with E-state index < -0.39 is 5.97 Å². The van der Waals surface area contributed by atoms with Crippen molar-refractivity contribution in [2.45, 2.75) is 13.5 Å². The Kier molecular flexibility index (Phi) is 6.08. The second kappa shape index (κ2) is 9.26. The molecule has 0 heterocycles. The van der Waals surface area contributed by atoms with E-state index in [0.29, 0.717) is 23.4 Å². The van der Waals surface area contributed by atoms with Crippen molar-refractivity contribution in [3.63, 3.8) is 0 Å². The van der Waals surface area contributed by atoms with Crippen LogP contribution in [-0.4, -0.2) is 18.5 Å². The van der Waals surface area contributed by atoms with Crippen LogP contribution in [0.3, 0.4) is 0 Å². The molecule has 0 aliphatic rings. The molecule has 0 radical (unpaired) electrons. The van der Waals surface area contributed by atoms with E-state index in [2.05, 4.69) is 0 Å². The first-order chi connectivity index (χ1) is 15.2. The molecule has 4 nitrogen and oxygen atoms in total. The number of carbonyl (C=O) groups is 2. The minimum atomic E-state index is -0.443. The van der Waals surface area contributed by atoms with Gasteiger partial charge in [0.25, 0.3) is 5.91 Å². The second-order valence-corrected chi connectivity index (χ2v) is 7.14. The topological polar surface area (TPSA) is 46.6 Å². The van der Waals surface area contributed by atoms with E-state index in [1.165, 1.54) is 0 Å². The number of rotatable bonds is 6. The van der Waals surface area contributed by atoms with Crippen molar-refractivity contribution < 1.29 is 14.3 Å². The SMILES string of the molecule is CCOC(=O)c1ccccc1N(Cc1ccccc1)C(=O)c1cccc2ccccc12. The van der Waals surface area contributed by atoms with Crippen molar-refractivity contribution >= 4 is 28.3 Å². The molecule has 4 heteroatoms. The Morgan fingerprint density at radius 2 is 1.39 bits per heavy atom. The molecule has 0 atom stereocenters. The largest absolute Gasteiger partial charge is 0.462 e. The van der Waals surface area contributed by atoms with E-state index in [-0.39, 0.29) is 12.5 Å². The van der Waals surface area contributed by atoms with Crippen LogP contribution in [0.15, 0.2) is 97.1 Å². The number of ether oxygens (including phenoxy) is 1. The molecule has 31 heavy (non-hydrogen) atoms. The molecule has 1 amide bonds. The number of hydrogen-bond donors (Lipinski definition) is 0. The third kappa shape index (κ3) is 4.33. The summed E-state index contributed by atoms with van der Waals surface area (Å²) in [7, 11) is 0. The molecular formula is C27H23NO3. The monoisotopic (exact) mass is 409 g/mol. The van der Waals surface area contributed by atoms with Gasteiger partial charge in [0.1, 0.15) is 0 Å². The Morgan fingerprint density at radius 1 is 0.742 bits per heavy atom. The summed E-state index contributed by atoms with van der Waals surface area (Å²) in [4.78, 5) is 28.2. The van der Waals surface area contributed by atoms with E-state index in [0.717, 1.165) is 16.3 Å². The van der Waals surface area contributed by atoms with Gasteiger partial charge in [0.2, 0.25) is 0 Å². The highest BCUT2D eigenvalue weighted by molar-refractivity contribution is 6.15. The number of para-hydroxylation sites is 1. The average Bonchev–Trinajstić information content (AvgIpc) is 2.82. The normalized spacial score (nSPS) is 10.6. The lowest BCUT2D eigenvalue weighted by atomic mass is 10.0. The van der Waals surface area contributed by atoms with Crippen molar-refractivity contribution in [2.75, 3.05) is 11.5 Å². The van der Waals surface area contributed by atoms with Gasteiger partial charge >= 0.3 is 5.97 Å². The van der Waals surface area contributed by atoms with E-state index in [9.17, 15) is 9.59 Å². The number of carbonyl (C=O) groups excluding carboxylic acids is 2. The van der Waals surface area contributed by atoms with Gasteiger partial charge in [-0.05, 0) is 41.5 Å². The highest BCUT2D eigenvalue weighted by Gasteiger charge is 2.24. The lowest BCUT2D eigenvalue weighted by molar-refractivity contribution is 0.0527. The average molecular weight is 409 g/mol. The predicted molar refractivity (Wildman–Crippen MR) is 123 cm³/mol. The van der Waals surface area contributed by atoms with Gasteiger partial charge in [0, 0.05) is 5.56 Å². The standard InChI is InChI=1S/C27H23NO3/c1-2-31-27(30)24-16-8-9-18-25(24)28(19-20-11-4-3-5-12-20)26(29)23-17-10-14-21-13-6-7-15-22(21)23/h3-18H,2,19H2,1H3. The lowest BCUT2D eigenvalue weighted by Gasteiger charge is -2.25. The van der Waals surface area contributed by atoms with Crippen LogP contribution < -0.4 is 4.90 Å². The smallest absolute Gasteiger partial charge is 0.340 e. The van der Waals surface area contributed by atoms with Crippen molar-refractivity contribution in [1.82, 2.24) is 0 Å². The molecule has 0 fully saturated rings.